The summed E-state index contributed by atoms with van der Waals surface area (Å²) in [5.41, 5.74) is 12.2. The van der Waals surface area contributed by atoms with E-state index in [-0.39, 0.29) is 11.3 Å². The largest absolute Gasteiger partial charge is 0.494 e. The fourth-order valence-electron chi connectivity index (χ4n) is 3.26. The predicted molar refractivity (Wildman–Crippen MR) is 111 cm³/mol. The fraction of sp³-hybridized carbons (Fsp3) is 0.0455. The monoisotopic (exact) mass is 386 g/mol. The minimum atomic E-state index is -0.693. The van der Waals surface area contributed by atoms with Crippen molar-refractivity contribution in [3.8, 4) is 28.1 Å². The Morgan fingerprint density at radius 1 is 1.00 bits per heavy atom. The minimum Gasteiger partial charge on any atom is -0.494 e. The van der Waals surface area contributed by atoms with Crippen LogP contribution in [0.5, 0.6) is 5.75 Å². The lowest BCUT2D eigenvalue weighted by Crippen LogP contribution is -2.20. The number of nitrogens with two attached hydrogens (primary N) is 1. The molecule has 0 saturated heterocycles. The summed E-state index contributed by atoms with van der Waals surface area (Å²) >= 11 is 0. The number of rotatable bonds is 4. The molecule has 4 aromatic rings. The van der Waals surface area contributed by atoms with Crippen molar-refractivity contribution in [2.24, 2.45) is 0 Å². The van der Waals surface area contributed by atoms with Crippen LogP contribution in [-0.4, -0.2) is 28.2 Å². The molecule has 0 aliphatic carbocycles. The number of pyridine rings is 2. The lowest BCUT2D eigenvalue weighted by molar-refractivity contribution is 0.0705. The molecule has 0 saturated carbocycles. The van der Waals surface area contributed by atoms with Crippen LogP contribution in [0.1, 0.15) is 10.4 Å². The Labute approximate surface area is 166 Å². The zero-order valence-electron chi connectivity index (χ0n) is 15.6. The van der Waals surface area contributed by atoms with Crippen LogP contribution in [0.25, 0.3) is 33.3 Å². The van der Waals surface area contributed by atoms with Crippen molar-refractivity contribution in [3.05, 3.63) is 72.6 Å². The average molecular weight is 386 g/mol. The molecule has 2 aromatic heterocycles. The third-order valence-corrected chi connectivity index (χ3v) is 4.68. The summed E-state index contributed by atoms with van der Waals surface area (Å²) in [6.45, 7) is 0. The summed E-state index contributed by atoms with van der Waals surface area (Å²) in [5, 5.41) is 9.69. The van der Waals surface area contributed by atoms with Crippen molar-refractivity contribution in [1.82, 2.24) is 15.4 Å². The van der Waals surface area contributed by atoms with Gasteiger partial charge >= 0.3 is 0 Å². The molecule has 0 aliphatic heterocycles. The number of carbonyl (C=O) groups excluding carboxylic acids is 1. The van der Waals surface area contributed by atoms with Gasteiger partial charge in [-0.3, -0.25) is 15.0 Å². The number of hydrogen-bond donors (Lipinski definition) is 3. The first-order valence-corrected chi connectivity index (χ1v) is 8.85. The molecule has 7 heteroatoms. The highest BCUT2D eigenvalue weighted by molar-refractivity contribution is 6.09. The van der Waals surface area contributed by atoms with Crippen molar-refractivity contribution >= 4 is 22.5 Å². The van der Waals surface area contributed by atoms with Crippen LogP contribution in [0.4, 0.5) is 5.69 Å². The Morgan fingerprint density at radius 3 is 2.24 bits per heavy atom. The SMILES string of the molecule is COc1c(-c2ccc(-c3ccc(N)cc3)cc2)nc2ccncc2c1C(=O)NO. The van der Waals surface area contributed by atoms with Crippen LogP contribution in [0.15, 0.2) is 67.0 Å². The van der Waals surface area contributed by atoms with E-state index in [1.807, 2.05) is 48.5 Å². The molecule has 1 amide bonds. The fourth-order valence-corrected chi connectivity index (χ4v) is 3.26. The summed E-state index contributed by atoms with van der Waals surface area (Å²) in [6, 6.07) is 17.1. The molecule has 7 nitrogen and oxygen atoms in total. The molecule has 2 heterocycles. The van der Waals surface area contributed by atoms with Gasteiger partial charge in [0.2, 0.25) is 0 Å². The number of fused-ring (bicyclic) bond motifs is 1. The van der Waals surface area contributed by atoms with E-state index in [1.54, 1.807) is 17.7 Å². The Kier molecular flexibility index (Phi) is 4.80. The number of benzene rings is 2. The van der Waals surface area contributed by atoms with E-state index in [1.165, 1.54) is 13.3 Å². The summed E-state index contributed by atoms with van der Waals surface area (Å²) in [4.78, 5) is 21.1. The van der Waals surface area contributed by atoms with E-state index in [0.717, 1.165) is 16.7 Å². The first kappa shape index (κ1) is 18.4. The molecule has 0 aliphatic rings. The lowest BCUT2D eigenvalue weighted by Gasteiger charge is -2.15. The maximum absolute atomic E-state index is 12.4. The van der Waals surface area contributed by atoms with E-state index in [2.05, 4.69) is 9.97 Å². The molecule has 4 rings (SSSR count). The Morgan fingerprint density at radius 2 is 1.62 bits per heavy atom. The van der Waals surface area contributed by atoms with Gasteiger partial charge in [-0.25, -0.2) is 10.5 Å². The minimum absolute atomic E-state index is 0.172. The third-order valence-electron chi connectivity index (χ3n) is 4.68. The molecule has 4 N–H and O–H groups in total. The van der Waals surface area contributed by atoms with Gasteiger partial charge in [0.1, 0.15) is 5.69 Å². The number of carbonyl (C=O) groups is 1. The Bertz CT molecular complexity index is 1190. The van der Waals surface area contributed by atoms with Gasteiger partial charge in [-0.15, -0.1) is 0 Å². The molecular weight excluding hydrogens is 368 g/mol. The molecule has 0 bridgehead atoms. The highest BCUT2D eigenvalue weighted by atomic mass is 16.5. The number of ether oxygens (including phenoxy) is 1. The molecule has 29 heavy (non-hydrogen) atoms. The highest BCUT2D eigenvalue weighted by Crippen LogP contribution is 2.36. The molecule has 0 radical (unpaired) electrons. The second-order valence-electron chi connectivity index (χ2n) is 6.40. The molecule has 0 atom stereocenters. The van der Waals surface area contributed by atoms with Crippen molar-refractivity contribution in [1.29, 1.82) is 0 Å². The van der Waals surface area contributed by atoms with Gasteiger partial charge in [0.15, 0.2) is 5.75 Å². The smallest absolute Gasteiger partial charge is 0.279 e. The van der Waals surface area contributed by atoms with Crippen LogP contribution in [0.3, 0.4) is 0 Å². The first-order valence-electron chi connectivity index (χ1n) is 8.85. The molecule has 0 unspecified atom stereocenters. The van der Waals surface area contributed by atoms with E-state index in [4.69, 9.17) is 10.5 Å². The molecule has 144 valence electrons. The Hall–Kier alpha value is -3.97. The van der Waals surface area contributed by atoms with Crippen molar-refractivity contribution < 1.29 is 14.7 Å². The van der Waals surface area contributed by atoms with Gasteiger partial charge in [0.25, 0.3) is 5.91 Å². The maximum atomic E-state index is 12.4. The number of aromatic nitrogens is 2. The van der Waals surface area contributed by atoms with E-state index < -0.39 is 5.91 Å². The predicted octanol–water partition coefficient (Wildman–Crippen LogP) is 3.67. The van der Waals surface area contributed by atoms with E-state index in [9.17, 15) is 10.0 Å². The molecule has 0 fully saturated rings. The second kappa shape index (κ2) is 7.57. The number of hydrogen-bond acceptors (Lipinski definition) is 6. The van der Waals surface area contributed by atoms with E-state index >= 15 is 0 Å². The van der Waals surface area contributed by atoms with Gasteiger partial charge in [-0.1, -0.05) is 36.4 Å². The normalized spacial score (nSPS) is 10.7. The van der Waals surface area contributed by atoms with Crippen molar-refractivity contribution in [2.75, 3.05) is 12.8 Å². The first-order chi connectivity index (χ1) is 14.1. The zero-order chi connectivity index (χ0) is 20.4. The lowest BCUT2D eigenvalue weighted by atomic mass is 10.00. The number of anilines is 1. The summed E-state index contributed by atoms with van der Waals surface area (Å²) in [6.07, 6.45) is 3.11. The summed E-state index contributed by atoms with van der Waals surface area (Å²) in [5.74, 6) is -0.431. The highest BCUT2D eigenvalue weighted by Gasteiger charge is 2.22. The number of amides is 1. The van der Waals surface area contributed by atoms with Gasteiger partial charge in [-0.2, -0.15) is 0 Å². The van der Waals surface area contributed by atoms with Crippen LogP contribution >= 0.6 is 0 Å². The zero-order valence-corrected chi connectivity index (χ0v) is 15.6. The van der Waals surface area contributed by atoms with Gasteiger partial charge < -0.3 is 10.5 Å². The van der Waals surface area contributed by atoms with E-state index in [0.29, 0.717) is 22.3 Å². The number of nitrogens with zero attached hydrogens (tertiary/aromatic N) is 2. The topological polar surface area (TPSA) is 110 Å². The van der Waals surface area contributed by atoms with Crippen LogP contribution in [0.2, 0.25) is 0 Å². The molecule has 2 aromatic carbocycles. The van der Waals surface area contributed by atoms with Crippen LogP contribution in [-0.2, 0) is 0 Å². The van der Waals surface area contributed by atoms with Gasteiger partial charge in [0, 0.05) is 29.0 Å². The number of hydroxylamine groups is 1. The average Bonchev–Trinajstić information content (AvgIpc) is 2.78. The number of nitrogens with one attached hydrogen (secondary N) is 1. The second-order valence-corrected chi connectivity index (χ2v) is 6.40. The molecule has 0 spiro atoms. The maximum Gasteiger partial charge on any atom is 0.279 e. The van der Waals surface area contributed by atoms with Gasteiger partial charge in [-0.05, 0) is 29.3 Å². The van der Waals surface area contributed by atoms with Crippen LogP contribution < -0.4 is 16.0 Å². The molecular formula is C22H18N4O3. The number of nitrogen functional groups attached to an aromatic ring is 1. The Balaban J connectivity index is 1.87. The van der Waals surface area contributed by atoms with Crippen molar-refractivity contribution in [2.45, 2.75) is 0 Å². The van der Waals surface area contributed by atoms with Crippen LogP contribution in [0, 0.1) is 0 Å². The van der Waals surface area contributed by atoms with Crippen molar-refractivity contribution in [3.63, 3.8) is 0 Å². The summed E-state index contributed by atoms with van der Waals surface area (Å²) < 4.78 is 5.51. The summed E-state index contributed by atoms with van der Waals surface area (Å²) in [7, 11) is 1.46. The standard InChI is InChI=1S/C22H18N4O3/c1-29-21-19(22(27)26-28)17-12-24-11-10-18(17)25-20(21)15-4-2-13(3-5-15)14-6-8-16(23)9-7-14/h2-12,28H,23H2,1H3,(H,26,27). The van der Waals surface area contributed by atoms with Gasteiger partial charge in [0.05, 0.1) is 18.2 Å². The third kappa shape index (κ3) is 3.35. The number of methoxy groups -OCH3 is 1. The quantitative estimate of drug-likeness (QED) is 0.280.